The van der Waals surface area contributed by atoms with Gasteiger partial charge in [-0.25, -0.2) is 0 Å². The van der Waals surface area contributed by atoms with Gasteiger partial charge < -0.3 is 10.2 Å². The lowest BCUT2D eigenvalue weighted by atomic mass is 9.93. The van der Waals surface area contributed by atoms with Gasteiger partial charge in [0.05, 0.1) is 0 Å². The van der Waals surface area contributed by atoms with Gasteiger partial charge in [0.25, 0.3) is 0 Å². The number of carbonyl (C=O) groups is 2. The first-order valence-electron chi connectivity index (χ1n) is 7.66. The summed E-state index contributed by atoms with van der Waals surface area (Å²) in [4.78, 5) is 26.8. The summed E-state index contributed by atoms with van der Waals surface area (Å²) in [5, 5.41) is 2.94. The van der Waals surface area contributed by atoms with Gasteiger partial charge in [-0.05, 0) is 30.8 Å². The van der Waals surface area contributed by atoms with Crippen LogP contribution in [-0.2, 0) is 9.59 Å². The predicted octanol–water partition coefficient (Wildman–Crippen LogP) is 2.28. The molecule has 1 saturated heterocycles. The number of piperazine rings is 1. The second-order valence-corrected chi connectivity index (χ2v) is 6.54. The highest BCUT2D eigenvalue weighted by atomic mass is 32.2. The Morgan fingerprint density at radius 2 is 2.05 bits per heavy atom. The molecule has 5 heteroatoms. The molecule has 0 aliphatic carbocycles. The monoisotopic (exact) mass is 300 g/mol. The molecule has 4 nitrogen and oxygen atoms in total. The highest BCUT2D eigenvalue weighted by Crippen LogP contribution is 2.21. The van der Waals surface area contributed by atoms with Crippen molar-refractivity contribution in [1.29, 1.82) is 0 Å². The van der Waals surface area contributed by atoms with E-state index in [4.69, 9.17) is 0 Å². The molecule has 1 heterocycles. The van der Waals surface area contributed by atoms with Crippen LogP contribution >= 0.6 is 11.8 Å². The van der Waals surface area contributed by atoms with Crippen molar-refractivity contribution in [3.8, 4) is 0 Å². The smallest absolute Gasteiger partial charge is 0.246 e. The van der Waals surface area contributed by atoms with E-state index in [1.165, 1.54) is 0 Å². The molecule has 1 rings (SSSR count). The molecule has 3 atom stereocenters. The van der Waals surface area contributed by atoms with Crippen molar-refractivity contribution in [3.63, 3.8) is 0 Å². The molecule has 0 radical (unpaired) electrons. The second kappa shape index (κ2) is 8.55. The third-order valence-corrected chi connectivity index (χ3v) is 4.75. The van der Waals surface area contributed by atoms with Gasteiger partial charge >= 0.3 is 0 Å². The molecule has 0 spiro atoms. The number of amides is 2. The first-order valence-corrected chi connectivity index (χ1v) is 9.05. The van der Waals surface area contributed by atoms with Gasteiger partial charge in [-0.2, -0.15) is 11.8 Å². The lowest BCUT2D eigenvalue weighted by molar-refractivity contribution is -0.151. The Balaban J connectivity index is 2.83. The third kappa shape index (κ3) is 4.14. The molecule has 1 aliphatic heterocycles. The van der Waals surface area contributed by atoms with Gasteiger partial charge in [0.15, 0.2) is 0 Å². The molecule has 2 amide bonds. The molecule has 0 saturated carbocycles. The average molecular weight is 300 g/mol. The van der Waals surface area contributed by atoms with Crippen molar-refractivity contribution in [2.45, 2.75) is 58.5 Å². The normalized spacial score (nSPS) is 24.7. The summed E-state index contributed by atoms with van der Waals surface area (Å²) < 4.78 is 0. The Morgan fingerprint density at radius 3 is 2.60 bits per heavy atom. The zero-order valence-electron chi connectivity index (χ0n) is 13.1. The van der Waals surface area contributed by atoms with Gasteiger partial charge in [0.1, 0.15) is 12.1 Å². The number of hydrogen-bond acceptors (Lipinski definition) is 3. The summed E-state index contributed by atoms with van der Waals surface area (Å²) in [7, 11) is 0. The van der Waals surface area contributed by atoms with Crippen LogP contribution in [0.1, 0.15) is 46.5 Å². The quantitative estimate of drug-likeness (QED) is 0.700. The molecule has 0 aromatic heterocycles. The largest absolute Gasteiger partial charge is 0.342 e. The molecule has 1 N–H and O–H groups in total. The minimum Gasteiger partial charge on any atom is -0.342 e. The zero-order chi connectivity index (χ0) is 15.1. The van der Waals surface area contributed by atoms with Crippen LogP contribution in [0.25, 0.3) is 0 Å². The average Bonchev–Trinajstić information content (AvgIpc) is 2.44. The fourth-order valence-electron chi connectivity index (χ4n) is 2.61. The van der Waals surface area contributed by atoms with E-state index in [9.17, 15) is 9.59 Å². The van der Waals surface area contributed by atoms with Gasteiger partial charge in [0, 0.05) is 6.54 Å². The third-order valence-electron chi connectivity index (χ3n) is 4.05. The van der Waals surface area contributed by atoms with Crippen LogP contribution in [0, 0.1) is 5.92 Å². The fourth-order valence-corrected chi connectivity index (χ4v) is 3.03. The summed E-state index contributed by atoms with van der Waals surface area (Å²) >= 11 is 1.78. The Kier molecular flexibility index (Phi) is 7.41. The minimum atomic E-state index is -0.338. The van der Waals surface area contributed by atoms with Crippen molar-refractivity contribution in [3.05, 3.63) is 0 Å². The van der Waals surface area contributed by atoms with E-state index in [1.54, 1.807) is 11.8 Å². The molecular formula is C15H28N2O2S. The van der Waals surface area contributed by atoms with Crippen molar-refractivity contribution in [1.82, 2.24) is 10.2 Å². The van der Waals surface area contributed by atoms with Gasteiger partial charge in [-0.15, -0.1) is 0 Å². The van der Waals surface area contributed by atoms with Gasteiger partial charge in [0.2, 0.25) is 11.8 Å². The highest BCUT2D eigenvalue weighted by Gasteiger charge is 2.41. The van der Waals surface area contributed by atoms with E-state index in [1.807, 2.05) is 11.8 Å². The zero-order valence-corrected chi connectivity index (χ0v) is 14.0. The highest BCUT2D eigenvalue weighted by molar-refractivity contribution is 7.98. The van der Waals surface area contributed by atoms with Crippen LogP contribution < -0.4 is 5.32 Å². The molecule has 0 bridgehead atoms. The number of hydrogen-bond donors (Lipinski definition) is 1. The maximum atomic E-state index is 12.7. The van der Waals surface area contributed by atoms with Crippen molar-refractivity contribution >= 4 is 23.6 Å². The van der Waals surface area contributed by atoms with E-state index in [2.05, 4.69) is 25.4 Å². The van der Waals surface area contributed by atoms with E-state index in [-0.39, 0.29) is 29.8 Å². The van der Waals surface area contributed by atoms with Gasteiger partial charge in [-0.3, -0.25) is 9.59 Å². The first kappa shape index (κ1) is 17.3. The molecule has 0 aromatic rings. The number of nitrogens with zero attached hydrogens (tertiary/aromatic N) is 1. The Labute approximate surface area is 127 Å². The molecule has 116 valence electrons. The molecular weight excluding hydrogens is 272 g/mol. The van der Waals surface area contributed by atoms with Crippen molar-refractivity contribution in [2.24, 2.45) is 5.92 Å². The van der Waals surface area contributed by atoms with Crippen LogP contribution in [-0.4, -0.2) is 47.4 Å². The molecule has 3 unspecified atom stereocenters. The number of nitrogens with one attached hydrogen (secondary N) is 1. The second-order valence-electron chi connectivity index (χ2n) is 5.55. The van der Waals surface area contributed by atoms with E-state index < -0.39 is 0 Å². The molecule has 0 aromatic carbocycles. The first-order chi connectivity index (χ1) is 9.56. The van der Waals surface area contributed by atoms with E-state index >= 15 is 0 Å². The maximum Gasteiger partial charge on any atom is 0.246 e. The SMILES string of the molecule is CCCC1C(=O)NC(C(C)CC)C(=O)N1CCCSC. The molecule has 1 aliphatic rings. The standard InChI is InChI=1S/C15H28N2O2S/c1-5-8-12-14(18)16-13(11(3)6-2)15(19)17(12)9-7-10-20-4/h11-13H,5-10H2,1-4H3,(H,16,18). The lowest BCUT2D eigenvalue weighted by Crippen LogP contribution is -2.65. The number of carbonyl (C=O) groups excluding carboxylic acids is 2. The summed E-state index contributed by atoms with van der Waals surface area (Å²) in [5.74, 6) is 1.36. The van der Waals surface area contributed by atoms with E-state index in [0.717, 1.165) is 31.4 Å². The summed E-state index contributed by atoms with van der Waals surface area (Å²) in [6.45, 7) is 6.84. The number of thioether (sulfide) groups is 1. The van der Waals surface area contributed by atoms with E-state index in [0.29, 0.717) is 6.54 Å². The summed E-state index contributed by atoms with van der Waals surface area (Å²) in [6.07, 6.45) is 5.58. The van der Waals surface area contributed by atoms with Crippen LogP contribution in [0.3, 0.4) is 0 Å². The topological polar surface area (TPSA) is 49.4 Å². The maximum absolute atomic E-state index is 12.7. The predicted molar refractivity (Wildman–Crippen MR) is 84.8 cm³/mol. The molecule has 1 fully saturated rings. The Hall–Kier alpha value is -0.710. The molecule has 20 heavy (non-hydrogen) atoms. The summed E-state index contributed by atoms with van der Waals surface area (Å²) in [6, 6.07) is -0.607. The van der Waals surface area contributed by atoms with Crippen LogP contribution in [0.5, 0.6) is 0 Å². The van der Waals surface area contributed by atoms with Gasteiger partial charge in [-0.1, -0.05) is 33.6 Å². The Bertz CT molecular complexity index is 336. The Morgan fingerprint density at radius 1 is 1.35 bits per heavy atom. The van der Waals surface area contributed by atoms with Crippen LogP contribution in [0.4, 0.5) is 0 Å². The van der Waals surface area contributed by atoms with Crippen molar-refractivity contribution in [2.75, 3.05) is 18.6 Å². The van der Waals surface area contributed by atoms with Crippen molar-refractivity contribution < 1.29 is 9.59 Å². The minimum absolute atomic E-state index is 0.0286. The summed E-state index contributed by atoms with van der Waals surface area (Å²) in [5.41, 5.74) is 0. The fraction of sp³-hybridized carbons (Fsp3) is 0.867. The van der Waals surface area contributed by atoms with Crippen LogP contribution in [0.2, 0.25) is 0 Å². The number of rotatable bonds is 8. The van der Waals surface area contributed by atoms with Crippen LogP contribution in [0.15, 0.2) is 0 Å². The lowest BCUT2D eigenvalue weighted by Gasteiger charge is -2.40.